The van der Waals surface area contributed by atoms with E-state index in [1.807, 2.05) is 18.2 Å². The molecule has 1 aromatic carbocycles. The second kappa shape index (κ2) is 5.69. The number of anilines is 1. The zero-order valence-corrected chi connectivity index (χ0v) is 10.4. The number of aryl methyl sites for hydroxylation is 1. The van der Waals surface area contributed by atoms with Gasteiger partial charge >= 0.3 is 0 Å². The topological polar surface area (TPSA) is 55.6 Å². The van der Waals surface area contributed by atoms with Gasteiger partial charge in [-0.2, -0.15) is 0 Å². The Morgan fingerprint density at radius 1 is 1.44 bits per heavy atom. The van der Waals surface area contributed by atoms with Crippen LogP contribution in [0.4, 0.5) is 5.69 Å². The fourth-order valence-electron chi connectivity index (χ4n) is 2.13. The Balaban J connectivity index is 2.25. The van der Waals surface area contributed by atoms with Gasteiger partial charge < -0.3 is 15.4 Å². The standard InChI is InChI=1S/C14H18N2O2/c1-2-8-16-13-5-4-12(18-9-7-15)10-11(13)3-6-14(16)17/h2,4-5,10H,1,3,6-9,15H2. The Labute approximate surface area is 107 Å². The number of carbonyl (C=O) groups is 1. The van der Waals surface area contributed by atoms with Crippen molar-refractivity contribution in [1.82, 2.24) is 0 Å². The molecule has 0 aliphatic carbocycles. The van der Waals surface area contributed by atoms with Gasteiger partial charge in [-0.05, 0) is 30.2 Å². The van der Waals surface area contributed by atoms with E-state index in [4.69, 9.17) is 10.5 Å². The first-order valence-electron chi connectivity index (χ1n) is 6.13. The normalized spacial score (nSPS) is 14.3. The molecule has 1 aromatic rings. The van der Waals surface area contributed by atoms with E-state index < -0.39 is 0 Å². The van der Waals surface area contributed by atoms with Gasteiger partial charge in [0.15, 0.2) is 0 Å². The molecule has 4 heteroatoms. The van der Waals surface area contributed by atoms with Crippen molar-refractivity contribution >= 4 is 11.6 Å². The summed E-state index contributed by atoms with van der Waals surface area (Å²) in [6.45, 7) is 5.24. The van der Waals surface area contributed by atoms with Crippen LogP contribution in [0, 0.1) is 0 Å². The number of nitrogens with two attached hydrogens (primary N) is 1. The number of hydrogen-bond donors (Lipinski definition) is 1. The first-order chi connectivity index (χ1) is 8.76. The van der Waals surface area contributed by atoms with Crippen LogP contribution in [0.15, 0.2) is 30.9 Å². The Kier molecular flexibility index (Phi) is 3.99. The average molecular weight is 246 g/mol. The highest BCUT2D eigenvalue weighted by Crippen LogP contribution is 2.30. The van der Waals surface area contributed by atoms with Gasteiger partial charge in [0.05, 0.1) is 0 Å². The molecule has 1 aliphatic rings. The molecule has 2 rings (SSSR count). The summed E-state index contributed by atoms with van der Waals surface area (Å²) in [6.07, 6.45) is 3.05. The maximum absolute atomic E-state index is 11.8. The third kappa shape index (κ3) is 2.54. The van der Waals surface area contributed by atoms with Crippen molar-refractivity contribution < 1.29 is 9.53 Å². The van der Waals surface area contributed by atoms with Crippen LogP contribution in [0.5, 0.6) is 5.75 Å². The van der Waals surface area contributed by atoms with Crippen LogP contribution < -0.4 is 15.4 Å². The van der Waals surface area contributed by atoms with Gasteiger partial charge in [0, 0.05) is 25.2 Å². The molecular formula is C14H18N2O2. The molecule has 0 aromatic heterocycles. The molecule has 2 N–H and O–H groups in total. The van der Waals surface area contributed by atoms with Crippen molar-refractivity contribution in [3.8, 4) is 5.75 Å². The van der Waals surface area contributed by atoms with Gasteiger partial charge in [0.25, 0.3) is 0 Å². The summed E-state index contributed by atoms with van der Waals surface area (Å²) in [5.74, 6) is 0.963. The van der Waals surface area contributed by atoms with Gasteiger partial charge in [-0.15, -0.1) is 6.58 Å². The Morgan fingerprint density at radius 3 is 3.00 bits per heavy atom. The smallest absolute Gasteiger partial charge is 0.227 e. The van der Waals surface area contributed by atoms with Crippen LogP contribution in [0.2, 0.25) is 0 Å². The average Bonchev–Trinajstić information content (AvgIpc) is 2.39. The number of amides is 1. The summed E-state index contributed by atoms with van der Waals surface area (Å²) < 4.78 is 5.49. The molecule has 0 atom stereocenters. The number of hydrogen-bond acceptors (Lipinski definition) is 3. The SMILES string of the molecule is C=CCN1C(=O)CCc2cc(OCCN)ccc21. The van der Waals surface area contributed by atoms with Gasteiger partial charge in [-0.1, -0.05) is 6.08 Å². The van der Waals surface area contributed by atoms with Gasteiger partial charge in [-0.25, -0.2) is 0 Å². The Bertz CT molecular complexity index is 457. The van der Waals surface area contributed by atoms with Crippen molar-refractivity contribution in [2.45, 2.75) is 12.8 Å². The minimum atomic E-state index is 0.151. The van der Waals surface area contributed by atoms with Crippen molar-refractivity contribution in [1.29, 1.82) is 0 Å². The highest BCUT2D eigenvalue weighted by Gasteiger charge is 2.23. The highest BCUT2D eigenvalue weighted by molar-refractivity contribution is 5.96. The van der Waals surface area contributed by atoms with Crippen LogP contribution in [0.1, 0.15) is 12.0 Å². The predicted molar refractivity (Wildman–Crippen MR) is 71.9 cm³/mol. The molecule has 1 heterocycles. The van der Waals surface area contributed by atoms with Gasteiger partial charge in [0.2, 0.25) is 5.91 Å². The van der Waals surface area contributed by atoms with E-state index in [-0.39, 0.29) is 5.91 Å². The van der Waals surface area contributed by atoms with E-state index in [0.29, 0.717) is 26.1 Å². The zero-order valence-electron chi connectivity index (χ0n) is 10.4. The van der Waals surface area contributed by atoms with Crippen LogP contribution in [0.25, 0.3) is 0 Å². The third-order valence-electron chi connectivity index (χ3n) is 2.95. The van der Waals surface area contributed by atoms with Gasteiger partial charge in [-0.3, -0.25) is 4.79 Å². The molecular weight excluding hydrogens is 228 g/mol. The monoisotopic (exact) mass is 246 g/mol. The summed E-state index contributed by atoms with van der Waals surface area (Å²) in [7, 11) is 0. The van der Waals surface area contributed by atoms with E-state index >= 15 is 0 Å². The van der Waals surface area contributed by atoms with Crippen molar-refractivity contribution in [3.05, 3.63) is 36.4 Å². The van der Waals surface area contributed by atoms with Crippen LogP contribution in [0.3, 0.4) is 0 Å². The molecule has 0 radical (unpaired) electrons. The lowest BCUT2D eigenvalue weighted by Crippen LogP contribution is -2.35. The third-order valence-corrected chi connectivity index (χ3v) is 2.95. The minimum Gasteiger partial charge on any atom is -0.492 e. The van der Waals surface area contributed by atoms with E-state index in [9.17, 15) is 4.79 Å². The molecule has 0 saturated heterocycles. The highest BCUT2D eigenvalue weighted by atomic mass is 16.5. The summed E-state index contributed by atoms with van der Waals surface area (Å²) in [4.78, 5) is 13.6. The van der Waals surface area contributed by atoms with Crippen LogP contribution in [-0.2, 0) is 11.2 Å². The number of rotatable bonds is 5. The molecule has 1 aliphatic heterocycles. The van der Waals surface area contributed by atoms with E-state index in [1.54, 1.807) is 11.0 Å². The largest absolute Gasteiger partial charge is 0.492 e. The van der Waals surface area contributed by atoms with Crippen LogP contribution >= 0.6 is 0 Å². The molecule has 0 spiro atoms. The Morgan fingerprint density at radius 2 is 2.28 bits per heavy atom. The summed E-state index contributed by atoms with van der Waals surface area (Å²) >= 11 is 0. The van der Waals surface area contributed by atoms with Crippen LogP contribution in [-0.4, -0.2) is 25.6 Å². The molecule has 4 nitrogen and oxygen atoms in total. The maximum Gasteiger partial charge on any atom is 0.227 e. The number of ether oxygens (including phenoxy) is 1. The maximum atomic E-state index is 11.8. The lowest BCUT2D eigenvalue weighted by molar-refractivity contribution is -0.118. The number of benzene rings is 1. The fraction of sp³-hybridized carbons (Fsp3) is 0.357. The molecule has 1 amide bonds. The first-order valence-corrected chi connectivity index (χ1v) is 6.13. The van der Waals surface area contributed by atoms with E-state index in [2.05, 4.69) is 6.58 Å². The lowest BCUT2D eigenvalue weighted by atomic mass is 10.0. The molecule has 0 fully saturated rings. The van der Waals surface area contributed by atoms with Crippen molar-refractivity contribution in [2.75, 3.05) is 24.6 Å². The molecule has 0 unspecified atom stereocenters. The summed E-state index contributed by atoms with van der Waals surface area (Å²) in [6, 6.07) is 5.80. The van der Waals surface area contributed by atoms with Gasteiger partial charge in [0.1, 0.15) is 12.4 Å². The lowest BCUT2D eigenvalue weighted by Gasteiger charge is -2.28. The molecule has 96 valence electrons. The number of fused-ring (bicyclic) bond motifs is 1. The second-order valence-electron chi connectivity index (χ2n) is 4.22. The molecule has 0 bridgehead atoms. The molecule has 18 heavy (non-hydrogen) atoms. The fourth-order valence-corrected chi connectivity index (χ4v) is 2.13. The minimum absolute atomic E-state index is 0.151. The number of nitrogens with zero attached hydrogens (tertiary/aromatic N) is 1. The van der Waals surface area contributed by atoms with E-state index in [1.165, 1.54) is 0 Å². The van der Waals surface area contributed by atoms with Crippen molar-refractivity contribution in [3.63, 3.8) is 0 Å². The molecule has 0 saturated carbocycles. The summed E-state index contributed by atoms with van der Waals surface area (Å²) in [5.41, 5.74) is 7.51. The predicted octanol–water partition coefficient (Wildman–Crippen LogP) is 1.49. The second-order valence-corrected chi connectivity index (χ2v) is 4.22. The Hall–Kier alpha value is -1.81. The zero-order chi connectivity index (χ0) is 13.0. The van der Waals surface area contributed by atoms with Crippen molar-refractivity contribution in [2.24, 2.45) is 5.73 Å². The van der Waals surface area contributed by atoms with E-state index in [0.717, 1.165) is 23.4 Å². The first kappa shape index (κ1) is 12.6. The quantitative estimate of drug-likeness (QED) is 0.801. The summed E-state index contributed by atoms with van der Waals surface area (Å²) in [5, 5.41) is 0. The number of carbonyl (C=O) groups excluding carboxylic acids is 1.